The van der Waals surface area contributed by atoms with Crippen LogP contribution in [0.2, 0.25) is 0 Å². The van der Waals surface area contributed by atoms with Gasteiger partial charge in [0.15, 0.2) is 0 Å². The number of ether oxygens (including phenoxy) is 4. The first-order valence-electron chi connectivity index (χ1n) is 25.1. The highest BCUT2D eigenvalue weighted by Crippen LogP contribution is 2.22. The fraction of sp³-hybridized carbons (Fsp3) is 0.322. The Bertz CT molecular complexity index is 2560. The molecule has 0 aromatic heterocycles. The molecule has 0 bridgehead atoms. The summed E-state index contributed by atoms with van der Waals surface area (Å²) >= 11 is 0. The van der Waals surface area contributed by atoms with Crippen LogP contribution in [0, 0.1) is 5.92 Å². The van der Waals surface area contributed by atoms with E-state index in [2.05, 4.69) is 0 Å². The molecule has 0 unspecified atom stereocenters. The van der Waals surface area contributed by atoms with Gasteiger partial charge < -0.3 is 18.9 Å². The predicted molar refractivity (Wildman–Crippen MR) is 282 cm³/mol. The number of hydrogen-bond acceptors (Lipinski definition) is 12. The van der Waals surface area contributed by atoms with Gasteiger partial charge in [0.1, 0.15) is 26.4 Å². The second-order valence-corrected chi connectivity index (χ2v) is 17.8. The topological polar surface area (TPSA) is 186 Å². The predicted octanol–water partition coefficient (Wildman–Crippen LogP) is 9.94. The zero-order valence-electron chi connectivity index (χ0n) is 43.1. The standard InChI is InChI=1S/C19H17NO3.2C15H17NO3.C10H15NO3/c21-18(12-11-15-7-3-1-4-8-15)20-17(14-23-19(20)22)13-16-9-5-2-6-10-16;2*1-2-3-9-14(17)16-13(11-19-15(16)18)10-12-7-5-4-6-8-12;1-4-5-9(12)11-8(7(2)3)6-14-10(11)13/h1-12,17H,13-14H2;2*3-9,13H,2,10-11H2,1H3;4-5,7-8H,6H2,1-3H3/b12-11+;2*9-3+;5-4+/t17-;2*13-;8-/m0101/s1. The zero-order valence-corrected chi connectivity index (χ0v) is 43.1. The van der Waals surface area contributed by atoms with Gasteiger partial charge in [-0.25, -0.2) is 38.8 Å². The van der Waals surface area contributed by atoms with E-state index < -0.39 is 24.4 Å². The number of amides is 8. The van der Waals surface area contributed by atoms with E-state index in [4.69, 9.17) is 18.9 Å². The molecule has 16 heteroatoms. The Labute approximate surface area is 438 Å². The molecule has 0 N–H and O–H groups in total. The van der Waals surface area contributed by atoms with E-state index in [-0.39, 0.29) is 73.5 Å². The first kappa shape index (κ1) is 57.5. The summed E-state index contributed by atoms with van der Waals surface area (Å²) in [4.78, 5) is 99.0. The normalized spacial score (nSPS) is 19.1. The molecule has 8 amide bonds. The van der Waals surface area contributed by atoms with Gasteiger partial charge in [0.2, 0.25) is 0 Å². The van der Waals surface area contributed by atoms with Crippen LogP contribution >= 0.6 is 0 Å². The van der Waals surface area contributed by atoms with Crippen LogP contribution in [0.15, 0.2) is 164 Å². The summed E-state index contributed by atoms with van der Waals surface area (Å²) in [6.45, 7) is 10.6. The van der Waals surface area contributed by atoms with Gasteiger partial charge in [-0.1, -0.05) is 167 Å². The minimum absolute atomic E-state index is 0.133. The molecular weight excluding hydrogens is 957 g/mol. The van der Waals surface area contributed by atoms with Crippen LogP contribution in [-0.2, 0) is 57.4 Å². The van der Waals surface area contributed by atoms with E-state index in [1.54, 1.807) is 31.2 Å². The monoisotopic (exact) mass is 1020 g/mol. The van der Waals surface area contributed by atoms with E-state index in [0.717, 1.165) is 35.1 Å². The lowest BCUT2D eigenvalue weighted by atomic mass is 10.0. The molecule has 0 saturated carbocycles. The highest BCUT2D eigenvalue weighted by molar-refractivity contribution is 6.02. The summed E-state index contributed by atoms with van der Waals surface area (Å²) < 4.78 is 19.9. The molecule has 4 heterocycles. The average Bonchev–Trinajstić information content (AvgIpc) is 4.20. The number of allylic oxidation sites excluding steroid dienone is 3. The molecule has 0 radical (unpaired) electrons. The van der Waals surface area contributed by atoms with Crippen LogP contribution in [0.5, 0.6) is 0 Å². The van der Waals surface area contributed by atoms with E-state index in [0.29, 0.717) is 25.9 Å². The molecule has 4 aromatic rings. The molecule has 394 valence electrons. The summed E-state index contributed by atoms with van der Waals surface area (Å²) in [7, 11) is 0. The maximum Gasteiger partial charge on any atom is 0.417 e. The van der Waals surface area contributed by atoms with Gasteiger partial charge >= 0.3 is 24.4 Å². The van der Waals surface area contributed by atoms with Crippen molar-refractivity contribution >= 4 is 54.1 Å². The van der Waals surface area contributed by atoms with Crippen molar-refractivity contribution in [2.45, 2.75) is 90.9 Å². The molecule has 4 saturated heterocycles. The lowest BCUT2D eigenvalue weighted by Crippen LogP contribution is -2.40. The largest absolute Gasteiger partial charge is 0.447 e. The molecule has 4 aliphatic rings. The SMILES string of the molecule is C/C=C/C(=O)N1C(=O)OC[C@@H]1C(C)C.CC/C=C/C(=O)N1C(=O)OC[C@@H]1Cc1ccccc1.CC/C=C/C(=O)N1C(=O)OC[C@H]1Cc1ccccc1.O=C(/C=C/c1ccccc1)N1C(=O)OC[C@@H]1Cc1ccccc1. The quantitative estimate of drug-likeness (QED) is 0.0861. The maximum atomic E-state index is 12.4. The van der Waals surface area contributed by atoms with Crippen molar-refractivity contribution in [1.82, 2.24) is 19.6 Å². The number of rotatable bonds is 14. The third-order valence-electron chi connectivity index (χ3n) is 12.0. The molecule has 8 rings (SSSR count). The summed E-state index contributed by atoms with van der Waals surface area (Å²) in [6, 6.07) is 38.0. The number of hydrogen-bond donors (Lipinski definition) is 0. The van der Waals surface area contributed by atoms with Crippen LogP contribution in [0.4, 0.5) is 19.2 Å². The minimum atomic E-state index is -0.575. The van der Waals surface area contributed by atoms with Crippen molar-refractivity contribution in [1.29, 1.82) is 0 Å². The number of imide groups is 4. The molecule has 4 fully saturated rings. The number of carbonyl (C=O) groups excluding carboxylic acids is 8. The summed E-state index contributed by atoms with van der Waals surface area (Å²) in [5, 5.41) is 0. The van der Waals surface area contributed by atoms with Gasteiger partial charge in [0.25, 0.3) is 23.6 Å². The number of benzene rings is 4. The van der Waals surface area contributed by atoms with Crippen LogP contribution in [0.3, 0.4) is 0 Å². The first-order valence-corrected chi connectivity index (χ1v) is 25.1. The van der Waals surface area contributed by atoms with Crippen molar-refractivity contribution in [3.05, 3.63) is 186 Å². The number of cyclic esters (lactones) is 4. The van der Waals surface area contributed by atoms with Crippen molar-refractivity contribution in [2.75, 3.05) is 26.4 Å². The van der Waals surface area contributed by atoms with Gasteiger partial charge in [-0.05, 0) is 91.5 Å². The van der Waals surface area contributed by atoms with E-state index >= 15 is 0 Å². The van der Waals surface area contributed by atoms with E-state index in [1.165, 1.54) is 43.9 Å². The second-order valence-electron chi connectivity index (χ2n) is 17.8. The van der Waals surface area contributed by atoms with Crippen LogP contribution in [-0.4, -0.2) is 118 Å². The Morgan fingerprint density at radius 2 is 0.787 bits per heavy atom. The van der Waals surface area contributed by atoms with E-state index in [1.807, 2.05) is 149 Å². The Kier molecular flexibility index (Phi) is 23.0. The fourth-order valence-corrected chi connectivity index (χ4v) is 8.11. The minimum Gasteiger partial charge on any atom is -0.447 e. The molecular formula is C59H66N4O12. The van der Waals surface area contributed by atoms with Gasteiger partial charge in [-0.15, -0.1) is 0 Å². The molecule has 0 aliphatic carbocycles. The van der Waals surface area contributed by atoms with Crippen molar-refractivity contribution in [3.8, 4) is 0 Å². The van der Waals surface area contributed by atoms with Crippen LogP contribution in [0.25, 0.3) is 6.08 Å². The lowest BCUT2D eigenvalue weighted by molar-refractivity contribution is -0.125. The van der Waals surface area contributed by atoms with Gasteiger partial charge in [-0.2, -0.15) is 0 Å². The van der Waals surface area contributed by atoms with Gasteiger partial charge in [0, 0.05) is 6.08 Å². The molecule has 16 nitrogen and oxygen atoms in total. The summed E-state index contributed by atoms with van der Waals surface area (Å²) in [6.07, 6.45) is 13.6. The van der Waals surface area contributed by atoms with Gasteiger partial charge in [-0.3, -0.25) is 19.2 Å². The first-order chi connectivity index (χ1) is 36.3. The third-order valence-corrected chi connectivity index (χ3v) is 12.0. The number of nitrogens with zero attached hydrogens (tertiary/aromatic N) is 4. The summed E-state index contributed by atoms with van der Waals surface area (Å²) in [5.41, 5.74) is 4.15. The molecule has 4 aliphatic heterocycles. The fourth-order valence-electron chi connectivity index (χ4n) is 8.11. The van der Waals surface area contributed by atoms with Crippen molar-refractivity contribution in [2.24, 2.45) is 5.92 Å². The smallest absolute Gasteiger partial charge is 0.417 e. The van der Waals surface area contributed by atoms with Crippen LogP contribution in [0.1, 0.15) is 69.7 Å². The molecule has 4 aromatic carbocycles. The molecule has 0 spiro atoms. The third kappa shape index (κ3) is 17.4. The Morgan fingerprint density at radius 1 is 0.467 bits per heavy atom. The van der Waals surface area contributed by atoms with Crippen LogP contribution < -0.4 is 0 Å². The Balaban J connectivity index is 0.000000188. The Morgan fingerprint density at radius 3 is 1.13 bits per heavy atom. The van der Waals surface area contributed by atoms with Gasteiger partial charge in [0.05, 0.1) is 24.2 Å². The highest BCUT2D eigenvalue weighted by atomic mass is 16.6. The highest BCUT2D eigenvalue weighted by Gasteiger charge is 2.40. The second kappa shape index (κ2) is 30.0. The van der Waals surface area contributed by atoms with Crippen molar-refractivity contribution < 1.29 is 57.3 Å². The summed E-state index contributed by atoms with van der Waals surface area (Å²) in [5.74, 6) is -1.03. The lowest BCUT2D eigenvalue weighted by Gasteiger charge is -2.20. The molecule has 4 atom stereocenters. The Hall–Kier alpha value is -8.40. The van der Waals surface area contributed by atoms with Crippen molar-refractivity contribution in [3.63, 3.8) is 0 Å². The average molecular weight is 1020 g/mol. The zero-order chi connectivity index (χ0) is 54.1. The maximum absolute atomic E-state index is 12.4. The number of carbonyl (C=O) groups is 8. The van der Waals surface area contributed by atoms with E-state index in [9.17, 15) is 38.4 Å². The molecule has 75 heavy (non-hydrogen) atoms.